The molecule has 0 amide bonds. The summed E-state index contributed by atoms with van der Waals surface area (Å²) >= 11 is 0. The van der Waals surface area contributed by atoms with Crippen molar-refractivity contribution >= 4 is 21.5 Å². The van der Waals surface area contributed by atoms with Crippen LogP contribution >= 0.6 is 0 Å². The van der Waals surface area contributed by atoms with Crippen LogP contribution in [0.5, 0.6) is 0 Å². The van der Waals surface area contributed by atoms with Crippen LogP contribution in [-0.4, -0.2) is 4.98 Å². The molecule has 1 aliphatic rings. The summed E-state index contributed by atoms with van der Waals surface area (Å²) in [5.74, 6) is 0.672. The fraction of sp³-hybridized carbons (Fsp3) is 0.208. The molecule has 5 rings (SSSR count). The number of hydrogen-bond acceptors (Lipinski definition) is 1. The zero-order valence-corrected chi connectivity index (χ0v) is 14.7. The molecule has 0 spiro atoms. The summed E-state index contributed by atoms with van der Waals surface area (Å²) in [6, 6.07) is 20.2. The Labute approximate surface area is 148 Å². The summed E-state index contributed by atoms with van der Waals surface area (Å²) < 4.78 is 0. The van der Waals surface area contributed by atoms with Gasteiger partial charge in [-0.3, -0.25) is 4.98 Å². The van der Waals surface area contributed by atoms with E-state index in [9.17, 15) is 0 Å². The lowest BCUT2D eigenvalue weighted by Gasteiger charge is -2.22. The van der Waals surface area contributed by atoms with E-state index in [-0.39, 0.29) is 0 Å². The standard InChI is InChI=1S/C24H21N/c1-15(2)9-16-10-19-7-8-25-24-22-14-18-6-4-3-5-17(18)12-20(22)13-21(11-16)23(19)24/h3-8,10-12,14-15H,9,13H2,1-2H3. The average molecular weight is 323 g/mol. The summed E-state index contributed by atoms with van der Waals surface area (Å²) in [6.45, 7) is 4.57. The fourth-order valence-corrected chi connectivity index (χ4v) is 4.26. The van der Waals surface area contributed by atoms with E-state index in [1.807, 2.05) is 6.20 Å². The zero-order chi connectivity index (χ0) is 17.0. The van der Waals surface area contributed by atoms with E-state index >= 15 is 0 Å². The van der Waals surface area contributed by atoms with Crippen molar-refractivity contribution in [3.8, 4) is 11.3 Å². The minimum absolute atomic E-state index is 0.672. The van der Waals surface area contributed by atoms with Crippen molar-refractivity contribution in [2.24, 2.45) is 5.92 Å². The van der Waals surface area contributed by atoms with Crippen molar-refractivity contribution in [1.29, 1.82) is 0 Å². The van der Waals surface area contributed by atoms with Crippen LogP contribution in [0.4, 0.5) is 0 Å². The molecule has 1 aromatic heterocycles. The molecule has 1 aliphatic carbocycles. The van der Waals surface area contributed by atoms with Gasteiger partial charge in [-0.25, -0.2) is 0 Å². The largest absolute Gasteiger partial charge is 0.256 e. The normalized spacial score (nSPS) is 12.8. The van der Waals surface area contributed by atoms with E-state index in [2.05, 4.69) is 68.4 Å². The van der Waals surface area contributed by atoms with Crippen molar-refractivity contribution in [1.82, 2.24) is 4.98 Å². The molecule has 0 saturated heterocycles. The highest BCUT2D eigenvalue weighted by atomic mass is 14.7. The van der Waals surface area contributed by atoms with Crippen LogP contribution in [0.1, 0.15) is 30.5 Å². The Bertz CT molecular complexity index is 1120. The number of benzene rings is 3. The third-order valence-electron chi connectivity index (χ3n) is 5.26. The Morgan fingerprint density at radius 1 is 0.880 bits per heavy atom. The minimum Gasteiger partial charge on any atom is -0.256 e. The quantitative estimate of drug-likeness (QED) is 0.379. The first kappa shape index (κ1) is 14.7. The second kappa shape index (κ2) is 5.42. The van der Waals surface area contributed by atoms with Gasteiger partial charge in [0.1, 0.15) is 0 Å². The topological polar surface area (TPSA) is 12.9 Å². The number of pyridine rings is 1. The Kier molecular flexibility index (Phi) is 3.18. The first-order valence-electron chi connectivity index (χ1n) is 9.11. The Hall–Kier alpha value is -2.67. The second-order valence-electron chi connectivity index (χ2n) is 7.64. The summed E-state index contributed by atoms with van der Waals surface area (Å²) in [4.78, 5) is 4.78. The Morgan fingerprint density at radius 2 is 1.68 bits per heavy atom. The summed E-state index contributed by atoms with van der Waals surface area (Å²) in [6.07, 6.45) is 4.09. The summed E-state index contributed by atoms with van der Waals surface area (Å²) in [5, 5.41) is 5.28. The van der Waals surface area contributed by atoms with Crippen molar-refractivity contribution in [2.75, 3.05) is 0 Å². The lowest BCUT2D eigenvalue weighted by molar-refractivity contribution is 0.647. The van der Waals surface area contributed by atoms with Crippen LogP contribution in [-0.2, 0) is 12.8 Å². The average Bonchev–Trinajstić information content (AvgIpc) is 2.60. The number of hydrogen-bond donors (Lipinski definition) is 0. The monoisotopic (exact) mass is 323 g/mol. The van der Waals surface area contributed by atoms with Gasteiger partial charge < -0.3 is 0 Å². The van der Waals surface area contributed by atoms with E-state index in [0.29, 0.717) is 5.92 Å². The van der Waals surface area contributed by atoms with E-state index in [1.54, 1.807) is 0 Å². The molecule has 25 heavy (non-hydrogen) atoms. The molecular weight excluding hydrogens is 302 g/mol. The molecule has 1 heteroatoms. The smallest absolute Gasteiger partial charge is 0.0786 e. The molecule has 0 saturated carbocycles. The van der Waals surface area contributed by atoms with Crippen LogP contribution in [0.3, 0.4) is 0 Å². The third-order valence-corrected chi connectivity index (χ3v) is 5.26. The molecular formula is C24H21N. The predicted octanol–water partition coefficient (Wildman–Crippen LogP) is 6.16. The van der Waals surface area contributed by atoms with E-state index < -0.39 is 0 Å². The molecule has 0 aliphatic heterocycles. The minimum atomic E-state index is 0.672. The molecule has 1 heterocycles. The molecule has 4 aromatic rings. The Balaban J connectivity index is 1.80. The molecule has 3 aromatic carbocycles. The van der Waals surface area contributed by atoms with Crippen LogP contribution in [0.25, 0.3) is 32.8 Å². The van der Waals surface area contributed by atoms with Crippen molar-refractivity contribution in [3.63, 3.8) is 0 Å². The second-order valence-corrected chi connectivity index (χ2v) is 7.64. The molecule has 0 N–H and O–H groups in total. The highest BCUT2D eigenvalue weighted by Gasteiger charge is 2.20. The molecule has 0 fully saturated rings. The van der Waals surface area contributed by atoms with Crippen LogP contribution in [0.2, 0.25) is 0 Å². The van der Waals surface area contributed by atoms with Crippen LogP contribution < -0.4 is 0 Å². The Morgan fingerprint density at radius 3 is 2.48 bits per heavy atom. The highest BCUT2D eigenvalue weighted by molar-refractivity contribution is 6.02. The summed E-state index contributed by atoms with van der Waals surface area (Å²) in [7, 11) is 0. The van der Waals surface area contributed by atoms with Gasteiger partial charge in [-0.05, 0) is 63.7 Å². The SMILES string of the molecule is CC(C)Cc1cc2c3c(nccc3c1)-c1cc3ccccc3cc1C2. The maximum atomic E-state index is 4.78. The van der Waals surface area contributed by atoms with Crippen molar-refractivity contribution in [2.45, 2.75) is 26.7 Å². The number of nitrogens with zero attached hydrogens (tertiary/aromatic N) is 1. The fourth-order valence-electron chi connectivity index (χ4n) is 4.26. The van der Waals surface area contributed by atoms with Gasteiger partial charge in [0, 0.05) is 17.1 Å². The number of fused-ring (bicyclic) bond motifs is 3. The van der Waals surface area contributed by atoms with Crippen molar-refractivity contribution < 1.29 is 0 Å². The van der Waals surface area contributed by atoms with Gasteiger partial charge >= 0.3 is 0 Å². The first-order valence-corrected chi connectivity index (χ1v) is 9.11. The van der Waals surface area contributed by atoms with E-state index in [0.717, 1.165) is 18.5 Å². The molecule has 0 radical (unpaired) electrons. The van der Waals surface area contributed by atoms with Gasteiger partial charge in [0.25, 0.3) is 0 Å². The number of rotatable bonds is 2. The predicted molar refractivity (Wildman–Crippen MR) is 106 cm³/mol. The van der Waals surface area contributed by atoms with Gasteiger partial charge in [0.2, 0.25) is 0 Å². The van der Waals surface area contributed by atoms with Crippen LogP contribution in [0, 0.1) is 5.92 Å². The highest BCUT2D eigenvalue weighted by Crippen LogP contribution is 2.40. The number of aromatic nitrogens is 1. The maximum absolute atomic E-state index is 4.78. The van der Waals surface area contributed by atoms with Crippen LogP contribution in [0.15, 0.2) is 60.8 Å². The van der Waals surface area contributed by atoms with Gasteiger partial charge in [0.15, 0.2) is 0 Å². The summed E-state index contributed by atoms with van der Waals surface area (Å²) in [5.41, 5.74) is 6.72. The first-order chi connectivity index (χ1) is 12.2. The molecule has 0 unspecified atom stereocenters. The van der Waals surface area contributed by atoms with Gasteiger partial charge in [-0.15, -0.1) is 0 Å². The maximum Gasteiger partial charge on any atom is 0.0786 e. The van der Waals surface area contributed by atoms with Gasteiger partial charge in [0.05, 0.1) is 5.69 Å². The van der Waals surface area contributed by atoms with Gasteiger partial charge in [-0.1, -0.05) is 56.3 Å². The lowest BCUT2D eigenvalue weighted by atomic mass is 9.83. The molecule has 122 valence electrons. The third kappa shape index (κ3) is 2.34. The van der Waals surface area contributed by atoms with E-state index in [4.69, 9.17) is 4.98 Å². The zero-order valence-electron chi connectivity index (χ0n) is 14.7. The molecule has 0 bridgehead atoms. The van der Waals surface area contributed by atoms with E-state index in [1.165, 1.54) is 43.8 Å². The van der Waals surface area contributed by atoms with Gasteiger partial charge in [-0.2, -0.15) is 0 Å². The van der Waals surface area contributed by atoms with Crippen molar-refractivity contribution in [3.05, 3.63) is 77.5 Å². The lowest BCUT2D eigenvalue weighted by Crippen LogP contribution is -2.05. The molecule has 1 nitrogen and oxygen atoms in total. The molecule has 0 atom stereocenters.